The van der Waals surface area contributed by atoms with Gasteiger partial charge in [-0.05, 0) is 116 Å². The molecule has 0 N–H and O–H groups in total. The molecule has 5 aliphatic rings. The quantitative estimate of drug-likeness (QED) is 0.481. The van der Waals surface area contributed by atoms with E-state index in [1.54, 1.807) is 83.5 Å². The van der Waals surface area contributed by atoms with Crippen LogP contribution in [0.1, 0.15) is 111 Å². The standard InChI is InChI=1S/C26H44/c1-4-18-13-15-26(3)21(17-18)9-11-22-23-12-10-20(8-7-19-5-6-19)25(23,2)16-14-24(22)26/h18-24H,4-17H2,1-3H3. The molecular formula is C26H44. The smallest absolute Gasteiger partial charge is 0.0266 e. The Labute approximate surface area is 163 Å². The molecule has 5 aliphatic carbocycles. The van der Waals surface area contributed by atoms with E-state index in [9.17, 15) is 0 Å². The highest BCUT2D eigenvalue weighted by molar-refractivity contribution is 5.09. The fourth-order valence-electron chi connectivity index (χ4n) is 9.14. The zero-order valence-electron chi connectivity index (χ0n) is 17.9. The van der Waals surface area contributed by atoms with Gasteiger partial charge in [0.05, 0.1) is 0 Å². The summed E-state index contributed by atoms with van der Waals surface area (Å²) in [6.45, 7) is 7.94. The Kier molecular flexibility index (Phi) is 4.53. The van der Waals surface area contributed by atoms with Crippen molar-refractivity contribution in [3.63, 3.8) is 0 Å². The van der Waals surface area contributed by atoms with Crippen LogP contribution in [0.2, 0.25) is 0 Å². The van der Waals surface area contributed by atoms with Gasteiger partial charge in [0.25, 0.3) is 0 Å². The summed E-state index contributed by atoms with van der Waals surface area (Å²) in [6, 6.07) is 0. The molecule has 0 nitrogen and oxygen atoms in total. The molecule has 0 heteroatoms. The van der Waals surface area contributed by atoms with E-state index in [-0.39, 0.29) is 0 Å². The molecule has 148 valence electrons. The van der Waals surface area contributed by atoms with E-state index >= 15 is 0 Å². The summed E-state index contributed by atoms with van der Waals surface area (Å²) < 4.78 is 0. The molecule has 8 unspecified atom stereocenters. The first kappa shape index (κ1) is 18.1. The van der Waals surface area contributed by atoms with Crippen molar-refractivity contribution in [2.45, 2.75) is 111 Å². The molecular weight excluding hydrogens is 312 g/mol. The van der Waals surface area contributed by atoms with Gasteiger partial charge in [-0.15, -0.1) is 0 Å². The first-order valence-electron chi connectivity index (χ1n) is 12.5. The molecule has 26 heavy (non-hydrogen) atoms. The van der Waals surface area contributed by atoms with Gasteiger partial charge in [-0.25, -0.2) is 0 Å². The fraction of sp³-hybridized carbons (Fsp3) is 1.00. The van der Waals surface area contributed by atoms with Crippen LogP contribution in [0.15, 0.2) is 0 Å². The third-order valence-electron chi connectivity index (χ3n) is 11.2. The molecule has 0 spiro atoms. The molecule has 0 saturated heterocycles. The van der Waals surface area contributed by atoms with E-state index in [0.29, 0.717) is 5.41 Å². The predicted molar refractivity (Wildman–Crippen MR) is 111 cm³/mol. The van der Waals surface area contributed by atoms with Crippen LogP contribution in [0, 0.1) is 52.3 Å². The van der Waals surface area contributed by atoms with Crippen molar-refractivity contribution >= 4 is 0 Å². The molecule has 0 aromatic rings. The molecule has 5 saturated carbocycles. The van der Waals surface area contributed by atoms with E-state index < -0.39 is 0 Å². The highest BCUT2D eigenvalue weighted by Gasteiger charge is 2.59. The van der Waals surface area contributed by atoms with Crippen molar-refractivity contribution < 1.29 is 0 Å². The molecule has 0 bridgehead atoms. The van der Waals surface area contributed by atoms with Crippen LogP contribution in [0.5, 0.6) is 0 Å². The minimum Gasteiger partial charge on any atom is -0.0651 e. The van der Waals surface area contributed by atoms with Gasteiger partial charge < -0.3 is 0 Å². The van der Waals surface area contributed by atoms with E-state index in [2.05, 4.69) is 20.8 Å². The number of hydrogen-bond donors (Lipinski definition) is 0. The maximum absolute atomic E-state index is 2.75. The second kappa shape index (κ2) is 6.52. The number of rotatable bonds is 4. The van der Waals surface area contributed by atoms with E-state index in [4.69, 9.17) is 0 Å². The van der Waals surface area contributed by atoms with Crippen molar-refractivity contribution in [2.75, 3.05) is 0 Å². The van der Waals surface area contributed by atoms with Crippen LogP contribution in [-0.2, 0) is 0 Å². The number of hydrogen-bond acceptors (Lipinski definition) is 0. The lowest BCUT2D eigenvalue weighted by molar-refractivity contribution is -0.118. The van der Waals surface area contributed by atoms with Crippen LogP contribution in [0.4, 0.5) is 0 Å². The topological polar surface area (TPSA) is 0 Å². The van der Waals surface area contributed by atoms with Gasteiger partial charge in [-0.3, -0.25) is 0 Å². The van der Waals surface area contributed by atoms with Crippen molar-refractivity contribution in [3.8, 4) is 0 Å². The monoisotopic (exact) mass is 356 g/mol. The van der Waals surface area contributed by atoms with Gasteiger partial charge in [-0.1, -0.05) is 46.5 Å². The van der Waals surface area contributed by atoms with Crippen molar-refractivity contribution in [2.24, 2.45) is 52.3 Å². The highest BCUT2D eigenvalue weighted by atomic mass is 14.6. The first-order valence-corrected chi connectivity index (χ1v) is 12.5. The molecule has 0 aromatic carbocycles. The Morgan fingerprint density at radius 1 is 0.692 bits per heavy atom. The van der Waals surface area contributed by atoms with Crippen LogP contribution < -0.4 is 0 Å². The molecule has 0 amide bonds. The van der Waals surface area contributed by atoms with Crippen molar-refractivity contribution in [1.29, 1.82) is 0 Å². The Bertz CT molecular complexity index is 518. The average molecular weight is 357 g/mol. The Morgan fingerprint density at radius 2 is 1.46 bits per heavy atom. The van der Waals surface area contributed by atoms with Gasteiger partial charge in [0, 0.05) is 0 Å². The summed E-state index contributed by atoms with van der Waals surface area (Å²) in [6.07, 6.45) is 21.9. The normalized spacial score (nSPS) is 53.7. The third-order valence-corrected chi connectivity index (χ3v) is 11.2. The largest absolute Gasteiger partial charge is 0.0651 e. The van der Waals surface area contributed by atoms with E-state index in [1.807, 2.05) is 0 Å². The Hall–Kier alpha value is 0. The molecule has 5 fully saturated rings. The maximum atomic E-state index is 2.75. The van der Waals surface area contributed by atoms with Gasteiger partial charge in [0.15, 0.2) is 0 Å². The summed E-state index contributed by atoms with van der Waals surface area (Å²) >= 11 is 0. The molecule has 5 rings (SSSR count). The van der Waals surface area contributed by atoms with Crippen LogP contribution in [-0.4, -0.2) is 0 Å². The maximum Gasteiger partial charge on any atom is -0.0266 e. The lowest BCUT2D eigenvalue weighted by Crippen LogP contribution is -2.53. The van der Waals surface area contributed by atoms with Crippen LogP contribution >= 0.6 is 0 Å². The second-order valence-electron chi connectivity index (χ2n) is 12.0. The van der Waals surface area contributed by atoms with Crippen molar-refractivity contribution in [1.82, 2.24) is 0 Å². The van der Waals surface area contributed by atoms with Gasteiger partial charge in [0.1, 0.15) is 0 Å². The van der Waals surface area contributed by atoms with Gasteiger partial charge >= 0.3 is 0 Å². The molecule has 0 aromatic heterocycles. The lowest BCUT2D eigenvalue weighted by atomic mass is 9.44. The Morgan fingerprint density at radius 3 is 2.23 bits per heavy atom. The molecule has 0 aliphatic heterocycles. The van der Waals surface area contributed by atoms with Crippen molar-refractivity contribution in [3.05, 3.63) is 0 Å². The summed E-state index contributed by atoms with van der Waals surface area (Å²) in [4.78, 5) is 0. The summed E-state index contributed by atoms with van der Waals surface area (Å²) in [5.74, 6) is 7.61. The second-order valence-corrected chi connectivity index (χ2v) is 12.0. The lowest BCUT2D eigenvalue weighted by Gasteiger charge is -2.61. The van der Waals surface area contributed by atoms with Gasteiger partial charge in [-0.2, -0.15) is 0 Å². The number of fused-ring (bicyclic) bond motifs is 5. The SMILES string of the molecule is CCC1CCC2(C)C(CCC3C4CCC(CCC5CC5)C4(C)CCC32)C1. The molecule has 0 heterocycles. The minimum atomic E-state index is 0.710. The summed E-state index contributed by atoms with van der Waals surface area (Å²) in [7, 11) is 0. The minimum absolute atomic E-state index is 0.710. The molecule has 8 atom stereocenters. The molecule has 0 radical (unpaired) electrons. The zero-order valence-corrected chi connectivity index (χ0v) is 17.9. The third kappa shape index (κ3) is 2.75. The van der Waals surface area contributed by atoms with E-state index in [0.717, 1.165) is 46.8 Å². The first-order chi connectivity index (χ1) is 12.5. The summed E-state index contributed by atoms with van der Waals surface area (Å²) in [5.41, 5.74) is 1.43. The highest BCUT2D eigenvalue weighted by Crippen LogP contribution is 2.68. The predicted octanol–water partition coefficient (Wildman–Crippen LogP) is 7.86. The van der Waals surface area contributed by atoms with Gasteiger partial charge in [0.2, 0.25) is 0 Å². The zero-order chi connectivity index (χ0) is 17.9. The van der Waals surface area contributed by atoms with E-state index in [1.165, 1.54) is 6.42 Å². The summed E-state index contributed by atoms with van der Waals surface area (Å²) in [5, 5.41) is 0. The van der Waals surface area contributed by atoms with Crippen LogP contribution in [0.3, 0.4) is 0 Å². The Balaban J connectivity index is 1.32. The average Bonchev–Trinajstić information content (AvgIpc) is 3.40. The van der Waals surface area contributed by atoms with Crippen LogP contribution in [0.25, 0.3) is 0 Å². The fourth-order valence-corrected chi connectivity index (χ4v) is 9.14.